The smallest absolute Gasteiger partial charge is 0.270 e. The summed E-state index contributed by atoms with van der Waals surface area (Å²) in [4.78, 5) is 21.4. The number of hydrogen-bond donors (Lipinski definition) is 3. The Hall–Kier alpha value is -1.69. The van der Waals surface area contributed by atoms with Gasteiger partial charge in [-0.05, 0) is 25.7 Å². The van der Waals surface area contributed by atoms with Gasteiger partial charge in [0.15, 0.2) is 0 Å². The van der Waals surface area contributed by atoms with Crippen molar-refractivity contribution in [1.82, 2.24) is 20.6 Å². The Bertz CT molecular complexity index is 615. The van der Waals surface area contributed by atoms with Crippen LogP contribution in [-0.4, -0.2) is 40.5 Å². The first kappa shape index (κ1) is 13.9. The van der Waals surface area contributed by atoms with Crippen molar-refractivity contribution in [3.05, 3.63) is 17.1 Å². The minimum absolute atomic E-state index is 0.0698. The first-order chi connectivity index (χ1) is 10.6. The van der Waals surface area contributed by atoms with Gasteiger partial charge in [-0.25, -0.2) is 9.97 Å². The van der Waals surface area contributed by atoms with Gasteiger partial charge in [0.1, 0.15) is 17.3 Å². The Kier molecular flexibility index (Phi) is 3.29. The standard InChI is InChI=1S/C16H23N5O/c1-8(2)14-20-13-10(5-6-17-16(13)22)15(21-14)19-12-7-9-3-4-11(12)18-9/h8-9,11-12,18H,3-7H2,1-2H3,(H,17,22)(H,19,20,21)/t9-,11+,12+/m1/s1. The highest BCUT2D eigenvalue weighted by molar-refractivity contribution is 5.96. The van der Waals surface area contributed by atoms with E-state index in [2.05, 4.69) is 34.8 Å². The van der Waals surface area contributed by atoms with Gasteiger partial charge >= 0.3 is 0 Å². The summed E-state index contributed by atoms with van der Waals surface area (Å²) in [6.45, 7) is 4.79. The number of rotatable bonds is 3. The first-order valence-electron chi connectivity index (χ1n) is 8.33. The molecule has 1 amide bonds. The lowest BCUT2D eigenvalue weighted by Gasteiger charge is -2.26. The molecule has 0 radical (unpaired) electrons. The molecule has 118 valence electrons. The Morgan fingerprint density at radius 1 is 1.27 bits per heavy atom. The quantitative estimate of drug-likeness (QED) is 0.781. The molecule has 3 aliphatic heterocycles. The van der Waals surface area contributed by atoms with Gasteiger partial charge < -0.3 is 16.0 Å². The topological polar surface area (TPSA) is 78.9 Å². The van der Waals surface area contributed by atoms with Crippen molar-refractivity contribution in [2.45, 2.75) is 63.6 Å². The van der Waals surface area contributed by atoms with Gasteiger partial charge in [-0.15, -0.1) is 0 Å². The number of carbonyl (C=O) groups is 1. The molecule has 3 N–H and O–H groups in total. The number of carbonyl (C=O) groups excluding carboxylic acids is 1. The molecule has 2 bridgehead atoms. The van der Waals surface area contributed by atoms with Crippen LogP contribution in [0.4, 0.5) is 5.82 Å². The lowest BCUT2D eigenvalue weighted by molar-refractivity contribution is 0.0940. The molecule has 4 rings (SSSR count). The molecule has 2 fully saturated rings. The van der Waals surface area contributed by atoms with E-state index in [1.54, 1.807) is 0 Å². The minimum Gasteiger partial charge on any atom is -0.365 e. The molecule has 1 aromatic heterocycles. The summed E-state index contributed by atoms with van der Waals surface area (Å²) in [5.74, 6) is 1.76. The molecule has 0 spiro atoms. The molecule has 1 aromatic rings. The number of amides is 1. The van der Waals surface area contributed by atoms with E-state index in [0.717, 1.165) is 30.0 Å². The van der Waals surface area contributed by atoms with Crippen molar-refractivity contribution in [3.8, 4) is 0 Å². The first-order valence-corrected chi connectivity index (χ1v) is 8.33. The number of fused-ring (bicyclic) bond motifs is 3. The van der Waals surface area contributed by atoms with Crippen LogP contribution in [0.5, 0.6) is 0 Å². The molecule has 22 heavy (non-hydrogen) atoms. The average molecular weight is 301 g/mol. The molecular formula is C16H23N5O. The van der Waals surface area contributed by atoms with E-state index in [1.807, 2.05) is 0 Å². The Labute approximate surface area is 130 Å². The Balaban J connectivity index is 1.69. The summed E-state index contributed by atoms with van der Waals surface area (Å²) < 4.78 is 0. The molecule has 3 aliphatic rings. The maximum atomic E-state index is 12.1. The van der Waals surface area contributed by atoms with Gasteiger partial charge in [0.25, 0.3) is 5.91 Å². The van der Waals surface area contributed by atoms with E-state index in [0.29, 0.717) is 30.4 Å². The SMILES string of the molecule is CC(C)c1nc(N[C@H]2C[C@H]3CC[C@@H]2N3)c2c(n1)C(=O)NCC2. The van der Waals surface area contributed by atoms with E-state index < -0.39 is 0 Å². The van der Waals surface area contributed by atoms with E-state index in [9.17, 15) is 4.79 Å². The molecule has 4 heterocycles. The summed E-state index contributed by atoms with van der Waals surface area (Å²) >= 11 is 0. The summed E-state index contributed by atoms with van der Waals surface area (Å²) in [5, 5.41) is 10.1. The predicted molar refractivity (Wildman–Crippen MR) is 84.1 cm³/mol. The zero-order valence-electron chi connectivity index (χ0n) is 13.1. The van der Waals surface area contributed by atoms with Crippen LogP contribution in [0.2, 0.25) is 0 Å². The van der Waals surface area contributed by atoms with Crippen LogP contribution in [0.15, 0.2) is 0 Å². The number of aromatic nitrogens is 2. The zero-order chi connectivity index (χ0) is 15.3. The van der Waals surface area contributed by atoms with Crippen molar-refractivity contribution < 1.29 is 4.79 Å². The van der Waals surface area contributed by atoms with Gasteiger partial charge in [0.2, 0.25) is 0 Å². The van der Waals surface area contributed by atoms with Crippen LogP contribution in [-0.2, 0) is 6.42 Å². The molecule has 6 heteroatoms. The van der Waals surface area contributed by atoms with Crippen LogP contribution < -0.4 is 16.0 Å². The molecule has 6 nitrogen and oxygen atoms in total. The molecule has 0 aliphatic carbocycles. The van der Waals surface area contributed by atoms with Crippen molar-refractivity contribution in [1.29, 1.82) is 0 Å². The third-order valence-electron chi connectivity index (χ3n) is 5.04. The van der Waals surface area contributed by atoms with E-state index in [1.165, 1.54) is 12.8 Å². The highest BCUT2D eigenvalue weighted by Crippen LogP contribution is 2.32. The summed E-state index contributed by atoms with van der Waals surface area (Å²) in [5.41, 5.74) is 1.54. The van der Waals surface area contributed by atoms with Gasteiger partial charge in [0, 0.05) is 36.2 Å². The molecular weight excluding hydrogens is 278 g/mol. The molecule has 0 aromatic carbocycles. The van der Waals surface area contributed by atoms with Crippen LogP contribution in [0.1, 0.15) is 60.9 Å². The largest absolute Gasteiger partial charge is 0.365 e. The van der Waals surface area contributed by atoms with Gasteiger partial charge in [-0.2, -0.15) is 0 Å². The number of anilines is 1. The van der Waals surface area contributed by atoms with Crippen molar-refractivity contribution in [2.24, 2.45) is 0 Å². The third-order valence-corrected chi connectivity index (χ3v) is 5.04. The monoisotopic (exact) mass is 301 g/mol. The van der Waals surface area contributed by atoms with Gasteiger partial charge in [0.05, 0.1) is 0 Å². The number of hydrogen-bond acceptors (Lipinski definition) is 5. The van der Waals surface area contributed by atoms with Crippen molar-refractivity contribution in [3.63, 3.8) is 0 Å². The number of nitrogens with one attached hydrogen (secondary N) is 3. The van der Waals surface area contributed by atoms with E-state index in [-0.39, 0.29) is 11.8 Å². The average Bonchev–Trinajstić information content (AvgIpc) is 3.10. The third kappa shape index (κ3) is 2.26. The molecule has 2 saturated heterocycles. The summed E-state index contributed by atoms with van der Waals surface area (Å²) in [7, 11) is 0. The number of nitrogens with zero attached hydrogens (tertiary/aromatic N) is 2. The molecule has 3 atom stereocenters. The lowest BCUT2D eigenvalue weighted by Crippen LogP contribution is -2.37. The fraction of sp³-hybridized carbons (Fsp3) is 0.688. The summed E-state index contributed by atoms with van der Waals surface area (Å²) in [6, 6.07) is 1.60. The predicted octanol–water partition coefficient (Wildman–Crippen LogP) is 1.19. The Morgan fingerprint density at radius 2 is 2.14 bits per heavy atom. The van der Waals surface area contributed by atoms with Crippen molar-refractivity contribution >= 4 is 11.7 Å². The van der Waals surface area contributed by atoms with Gasteiger partial charge in [-0.3, -0.25) is 4.79 Å². The maximum Gasteiger partial charge on any atom is 0.270 e. The highest BCUT2D eigenvalue weighted by Gasteiger charge is 2.39. The van der Waals surface area contributed by atoms with Gasteiger partial charge in [-0.1, -0.05) is 13.8 Å². The maximum absolute atomic E-state index is 12.1. The van der Waals surface area contributed by atoms with Crippen molar-refractivity contribution in [2.75, 3.05) is 11.9 Å². The second-order valence-electron chi connectivity index (χ2n) is 6.95. The Morgan fingerprint density at radius 3 is 2.82 bits per heavy atom. The lowest BCUT2D eigenvalue weighted by atomic mass is 9.95. The minimum atomic E-state index is -0.0698. The van der Waals surface area contributed by atoms with E-state index in [4.69, 9.17) is 4.98 Å². The van der Waals surface area contributed by atoms with E-state index >= 15 is 0 Å². The fourth-order valence-corrected chi connectivity index (χ4v) is 3.85. The molecule has 0 unspecified atom stereocenters. The zero-order valence-corrected chi connectivity index (χ0v) is 13.1. The second kappa shape index (κ2) is 5.19. The normalized spacial score (nSPS) is 29.6. The van der Waals surface area contributed by atoms with Crippen LogP contribution in [0, 0.1) is 0 Å². The molecule has 0 saturated carbocycles. The van der Waals surface area contributed by atoms with Crippen LogP contribution >= 0.6 is 0 Å². The van der Waals surface area contributed by atoms with Crippen LogP contribution in [0.25, 0.3) is 0 Å². The second-order valence-corrected chi connectivity index (χ2v) is 6.95. The fourth-order valence-electron chi connectivity index (χ4n) is 3.85. The summed E-state index contributed by atoms with van der Waals surface area (Å²) in [6.07, 6.45) is 4.46. The highest BCUT2D eigenvalue weighted by atomic mass is 16.1. The van der Waals surface area contributed by atoms with Crippen LogP contribution in [0.3, 0.4) is 0 Å².